The molecule has 0 saturated heterocycles. The van der Waals surface area contributed by atoms with Gasteiger partial charge in [0, 0.05) is 25.7 Å². The maximum absolute atomic E-state index is 5.70. The lowest BCUT2D eigenvalue weighted by Crippen LogP contribution is -2.39. The molecule has 1 aromatic rings. The van der Waals surface area contributed by atoms with Gasteiger partial charge in [-0.05, 0) is 17.7 Å². The number of ether oxygens (including phenoxy) is 2. The molecule has 1 unspecified atom stereocenters. The van der Waals surface area contributed by atoms with E-state index >= 15 is 0 Å². The van der Waals surface area contributed by atoms with E-state index in [0.29, 0.717) is 19.9 Å². The second-order valence-electron chi connectivity index (χ2n) is 3.81. The summed E-state index contributed by atoms with van der Waals surface area (Å²) < 4.78 is 10.5. The minimum Gasteiger partial charge on any atom is -0.454 e. The number of hydrogen-bond donors (Lipinski definition) is 3. The highest BCUT2D eigenvalue weighted by Crippen LogP contribution is 2.32. The number of rotatable bonds is 5. The number of nitrogens with two attached hydrogens (primary N) is 2. The smallest absolute Gasteiger partial charge is 0.231 e. The van der Waals surface area contributed by atoms with Gasteiger partial charge in [-0.15, -0.1) is 0 Å². The van der Waals surface area contributed by atoms with Crippen LogP contribution in [0.25, 0.3) is 0 Å². The van der Waals surface area contributed by atoms with Gasteiger partial charge in [0.25, 0.3) is 0 Å². The molecule has 1 aromatic carbocycles. The molecule has 1 atom stereocenters. The minimum atomic E-state index is 0.00834. The van der Waals surface area contributed by atoms with Crippen molar-refractivity contribution in [3.63, 3.8) is 0 Å². The van der Waals surface area contributed by atoms with Crippen LogP contribution in [0.1, 0.15) is 5.56 Å². The summed E-state index contributed by atoms with van der Waals surface area (Å²) >= 11 is 0. The predicted molar refractivity (Wildman–Crippen MR) is 61.3 cm³/mol. The van der Waals surface area contributed by atoms with E-state index in [1.54, 1.807) is 0 Å². The Labute approximate surface area is 94.7 Å². The monoisotopic (exact) mass is 223 g/mol. The first-order valence-corrected chi connectivity index (χ1v) is 5.34. The molecular formula is C11H17N3O2. The zero-order valence-corrected chi connectivity index (χ0v) is 9.11. The van der Waals surface area contributed by atoms with Crippen LogP contribution in [0.3, 0.4) is 0 Å². The minimum absolute atomic E-state index is 0.00834. The van der Waals surface area contributed by atoms with Crippen molar-refractivity contribution in [2.75, 3.05) is 19.9 Å². The van der Waals surface area contributed by atoms with E-state index in [1.165, 1.54) is 0 Å². The molecule has 0 saturated carbocycles. The van der Waals surface area contributed by atoms with Crippen molar-refractivity contribution >= 4 is 0 Å². The molecule has 1 aliphatic heterocycles. The summed E-state index contributed by atoms with van der Waals surface area (Å²) in [5, 5.41) is 3.24. The van der Waals surface area contributed by atoms with Crippen molar-refractivity contribution in [3.8, 4) is 11.5 Å². The van der Waals surface area contributed by atoms with Gasteiger partial charge in [0.15, 0.2) is 11.5 Å². The van der Waals surface area contributed by atoms with E-state index in [0.717, 1.165) is 23.6 Å². The zero-order valence-electron chi connectivity index (χ0n) is 9.11. The van der Waals surface area contributed by atoms with Crippen molar-refractivity contribution < 1.29 is 9.47 Å². The SMILES string of the molecule is NCC(N)CNCc1ccc2c(c1)OCO2. The normalized spacial score (nSPS) is 15.1. The standard InChI is InChI=1S/C11H17N3O2/c12-4-9(13)6-14-5-8-1-2-10-11(3-8)16-7-15-10/h1-3,9,14H,4-7,12-13H2. The molecule has 0 bridgehead atoms. The summed E-state index contributed by atoms with van der Waals surface area (Å²) in [6.45, 7) is 2.27. The summed E-state index contributed by atoms with van der Waals surface area (Å²) in [6, 6.07) is 5.91. The molecule has 88 valence electrons. The molecule has 0 amide bonds. The predicted octanol–water partition coefficient (Wildman–Crippen LogP) is -0.209. The fraction of sp³-hybridized carbons (Fsp3) is 0.455. The molecule has 0 fully saturated rings. The summed E-state index contributed by atoms with van der Waals surface area (Å²) in [5.41, 5.74) is 12.3. The third-order valence-corrected chi connectivity index (χ3v) is 2.48. The van der Waals surface area contributed by atoms with Gasteiger partial charge >= 0.3 is 0 Å². The highest BCUT2D eigenvalue weighted by atomic mass is 16.7. The van der Waals surface area contributed by atoms with Crippen LogP contribution in [-0.4, -0.2) is 25.9 Å². The summed E-state index contributed by atoms with van der Waals surface area (Å²) in [7, 11) is 0. The van der Waals surface area contributed by atoms with E-state index in [2.05, 4.69) is 5.32 Å². The molecule has 0 aliphatic carbocycles. The highest BCUT2D eigenvalue weighted by Gasteiger charge is 2.12. The van der Waals surface area contributed by atoms with Crippen molar-refractivity contribution in [2.45, 2.75) is 12.6 Å². The first-order valence-electron chi connectivity index (χ1n) is 5.34. The van der Waals surface area contributed by atoms with Crippen molar-refractivity contribution in [1.29, 1.82) is 0 Å². The van der Waals surface area contributed by atoms with Crippen LogP contribution < -0.4 is 26.3 Å². The van der Waals surface area contributed by atoms with E-state index in [4.69, 9.17) is 20.9 Å². The maximum atomic E-state index is 5.70. The number of nitrogens with one attached hydrogen (secondary N) is 1. The van der Waals surface area contributed by atoms with Crippen LogP contribution in [0.4, 0.5) is 0 Å². The molecule has 2 rings (SSSR count). The molecule has 0 radical (unpaired) electrons. The Balaban J connectivity index is 1.86. The Bertz CT molecular complexity index is 357. The van der Waals surface area contributed by atoms with Crippen LogP contribution >= 0.6 is 0 Å². The Morgan fingerprint density at radius 3 is 2.94 bits per heavy atom. The molecule has 1 aliphatic rings. The first-order chi connectivity index (χ1) is 7.79. The van der Waals surface area contributed by atoms with Gasteiger partial charge in [-0.25, -0.2) is 0 Å². The van der Waals surface area contributed by atoms with Gasteiger partial charge in [-0.1, -0.05) is 6.07 Å². The molecule has 16 heavy (non-hydrogen) atoms. The number of benzene rings is 1. The fourth-order valence-electron chi connectivity index (χ4n) is 1.54. The van der Waals surface area contributed by atoms with E-state index in [1.807, 2.05) is 18.2 Å². The van der Waals surface area contributed by atoms with Gasteiger partial charge < -0.3 is 26.3 Å². The number of fused-ring (bicyclic) bond motifs is 1. The Hall–Kier alpha value is -1.30. The maximum Gasteiger partial charge on any atom is 0.231 e. The van der Waals surface area contributed by atoms with Gasteiger partial charge in [0.05, 0.1) is 0 Å². The Morgan fingerprint density at radius 2 is 2.12 bits per heavy atom. The molecule has 5 nitrogen and oxygen atoms in total. The van der Waals surface area contributed by atoms with E-state index in [9.17, 15) is 0 Å². The first kappa shape index (κ1) is 11.2. The lowest BCUT2D eigenvalue weighted by Gasteiger charge is -2.10. The largest absolute Gasteiger partial charge is 0.454 e. The van der Waals surface area contributed by atoms with Gasteiger partial charge in [0.2, 0.25) is 6.79 Å². The van der Waals surface area contributed by atoms with Crippen LogP contribution in [0.2, 0.25) is 0 Å². The number of hydrogen-bond acceptors (Lipinski definition) is 5. The van der Waals surface area contributed by atoms with Gasteiger partial charge in [-0.2, -0.15) is 0 Å². The van der Waals surface area contributed by atoms with Crippen LogP contribution in [0.5, 0.6) is 11.5 Å². The Morgan fingerprint density at radius 1 is 1.31 bits per heavy atom. The third kappa shape index (κ3) is 2.63. The van der Waals surface area contributed by atoms with E-state index < -0.39 is 0 Å². The summed E-state index contributed by atoms with van der Waals surface area (Å²) in [5.74, 6) is 1.62. The second-order valence-corrected chi connectivity index (χ2v) is 3.81. The van der Waals surface area contributed by atoms with Crippen LogP contribution in [0.15, 0.2) is 18.2 Å². The average molecular weight is 223 g/mol. The molecule has 5 N–H and O–H groups in total. The Kier molecular flexibility index (Phi) is 3.61. The zero-order chi connectivity index (χ0) is 11.4. The van der Waals surface area contributed by atoms with Gasteiger partial charge in [0.1, 0.15) is 0 Å². The molecular weight excluding hydrogens is 206 g/mol. The molecule has 0 spiro atoms. The lowest BCUT2D eigenvalue weighted by molar-refractivity contribution is 0.174. The summed E-state index contributed by atoms with van der Waals surface area (Å²) in [4.78, 5) is 0. The quantitative estimate of drug-likeness (QED) is 0.643. The van der Waals surface area contributed by atoms with Crippen molar-refractivity contribution in [3.05, 3.63) is 23.8 Å². The molecule has 5 heteroatoms. The topological polar surface area (TPSA) is 82.5 Å². The lowest BCUT2D eigenvalue weighted by atomic mass is 10.2. The molecule has 0 aromatic heterocycles. The highest BCUT2D eigenvalue weighted by molar-refractivity contribution is 5.44. The van der Waals surface area contributed by atoms with Crippen molar-refractivity contribution in [2.24, 2.45) is 11.5 Å². The van der Waals surface area contributed by atoms with E-state index in [-0.39, 0.29) is 6.04 Å². The second kappa shape index (κ2) is 5.16. The summed E-state index contributed by atoms with van der Waals surface area (Å²) in [6.07, 6.45) is 0. The van der Waals surface area contributed by atoms with Crippen molar-refractivity contribution in [1.82, 2.24) is 5.32 Å². The van der Waals surface area contributed by atoms with Gasteiger partial charge in [-0.3, -0.25) is 0 Å². The third-order valence-electron chi connectivity index (χ3n) is 2.48. The molecule has 1 heterocycles. The van der Waals surface area contributed by atoms with Crippen LogP contribution in [0, 0.1) is 0 Å². The average Bonchev–Trinajstić information content (AvgIpc) is 2.76. The van der Waals surface area contributed by atoms with Crippen LogP contribution in [-0.2, 0) is 6.54 Å². The fourth-order valence-corrected chi connectivity index (χ4v) is 1.54.